The molecule has 0 saturated carbocycles. The van der Waals surface area contributed by atoms with Crippen molar-refractivity contribution in [3.8, 4) is 11.3 Å². The van der Waals surface area contributed by atoms with Crippen molar-refractivity contribution in [2.75, 3.05) is 13.6 Å². The zero-order chi connectivity index (χ0) is 15.2. The van der Waals surface area contributed by atoms with Gasteiger partial charge in [0.15, 0.2) is 0 Å². The number of nitrogens with zero attached hydrogens (tertiary/aromatic N) is 2. The number of aromatic amines is 1. The van der Waals surface area contributed by atoms with Gasteiger partial charge in [0.2, 0.25) is 5.91 Å². The van der Waals surface area contributed by atoms with Gasteiger partial charge in [-0.2, -0.15) is 5.10 Å². The van der Waals surface area contributed by atoms with Gasteiger partial charge >= 0.3 is 0 Å². The number of hydrogen-bond acceptors (Lipinski definition) is 3. The third-order valence-electron chi connectivity index (χ3n) is 3.41. The molecule has 2 aromatic rings. The van der Waals surface area contributed by atoms with Gasteiger partial charge in [0, 0.05) is 24.8 Å². The van der Waals surface area contributed by atoms with E-state index in [1.165, 1.54) is 0 Å². The fourth-order valence-corrected chi connectivity index (χ4v) is 2.21. The summed E-state index contributed by atoms with van der Waals surface area (Å²) in [4.78, 5) is 13.3. The first-order chi connectivity index (χ1) is 10.1. The number of nitrogens with two attached hydrogens (primary N) is 1. The van der Waals surface area contributed by atoms with Crippen LogP contribution in [0.3, 0.4) is 0 Å². The lowest BCUT2D eigenvalue weighted by molar-refractivity contribution is -0.130. The molecule has 0 radical (unpaired) electrons. The standard InChI is InChI=1S/C16H22N4O.ClH/c1-12(17)16(21)20(2)10-6-9-14-11-15(19-18-14)13-7-4-3-5-8-13;/h3-5,7-8,11-12H,6,9-10,17H2,1-2H3,(H,18,19);1H. The molecule has 0 bridgehead atoms. The highest BCUT2D eigenvalue weighted by atomic mass is 35.5. The number of carbonyl (C=O) groups is 1. The highest BCUT2D eigenvalue weighted by molar-refractivity contribution is 5.85. The van der Waals surface area contributed by atoms with Gasteiger partial charge in [-0.05, 0) is 25.8 Å². The molecule has 1 amide bonds. The molecular formula is C16H23ClN4O. The van der Waals surface area contributed by atoms with Crippen molar-refractivity contribution in [2.24, 2.45) is 5.73 Å². The summed E-state index contributed by atoms with van der Waals surface area (Å²) in [5.41, 5.74) is 8.71. The van der Waals surface area contributed by atoms with E-state index in [1.807, 2.05) is 30.3 Å². The molecule has 0 aliphatic rings. The molecule has 0 fully saturated rings. The Hall–Kier alpha value is -1.85. The lowest BCUT2D eigenvalue weighted by atomic mass is 10.1. The summed E-state index contributed by atoms with van der Waals surface area (Å²) in [5, 5.41) is 7.37. The molecule has 0 spiro atoms. The van der Waals surface area contributed by atoms with Gasteiger partial charge in [-0.3, -0.25) is 9.89 Å². The summed E-state index contributed by atoms with van der Waals surface area (Å²) in [6.45, 7) is 2.40. The Balaban J connectivity index is 0.00000242. The maximum atomic E-state index is 11.7. The average molecular weight is 323 g/mol. The van der Waals surface area contributed by atoms with Crippen molar-refractivity contribution in [2.45, 2.75) is 25.8 Å². The number of halogens is 1. The van der Waals surface area contributed by atoms with E-state index in [0.29, 0.717) is 6.54 Å². The van der Waals surface area contributed by atoms with Crippen LogP contribution in [0.1, 0.15) is 19.0 Å². The van der Waals surface area contributed by atoms with Gasteiger partial charge in [-0.1, -0.05) is 30.3 Å². The van der Waals surface area contributed by atoms with E-state index in [4.69, 9.17) is 5.73 Å². The highest BCUT2D eigenvalue weighted by Crippen LogP contribution is 2.17. The second-order valence-electron chi connectivity index (χ2n) is 5.30. The van der Waals surface area contributed by atoms with Gasteiger partial charge in [0.1, 0.15) is 0 Å². The second-order valence-corrected chi connectivity index (χ2v) is 5.30. The maximum Gasteiger partial charge on any atom is 0.238 e. The fourth-order valence-electron chi connectivity index (χ4n) is 2.21. The Bertz CT molecular complexity index is 583. The number of amides is 1. The molecular weight excluding hydrogens is 300 g/mol. The molecule has 0 saturated heterocycles. The Morgan fingerprint density at radius 2 is 2.05 bits per heavy atom. The van der Waals surface area contributed by atoms with E-state index in [1.54, 1.807) is 18.9 Å². The number of likely N-dealkylation sites (N-methyl/N-ethyl adjacent to an activating group) is 1. The van der Waals surface area contributed by atoms with E-state index in [-0.39, 0.29) is 18.3 Å². The molecule has 5 nitrogen and oxygen atoms in total. The fraction of sp³-hybridized carbons (Fsp3) is 0.375. The van der Waals surface area contributed by atoms with Crippen LogP contribution in [-0.2, 0) is 11.2 Å². The third kappa shape index (κ3) is 4.86. The SMILES string of the molecule is CC(N)C(=O)N(C)CCCc1cc(-c2ccccc2)n[nH]1.Cl. The smallest absolute Gasteiger partial charge is 0.238 e. The van der Waals surface area contributed by atoms with Crippen LogP contribution in [0, 0.1) is 0 Å². The molecule has 1 aromatic carbocycles. The van der Waals surface area contributed by atoms with Crippen molar-refractivity contribution in [3.05, 3.63) is 42.1 Å². The summed E-state index contributed by atoms with van der Waals surface area (Å²) in [5.74, 6) is -0.0235. The van der Waals surface area contributed by atoms with Crippen LogP contribution in [0.4, 0.5) is 0 Å². The molecule has 2 rings (SSSR count). The van der Waals surface area contributed by atoms with Crippen molar-refractivity contribution in [1.82, 2.24) is 15.1 Å². The molecule has 0 aliphatic carbocycles. The van der Waals surface area contributed by atoms with Gasteiger partial charge in [0.25, 0.3) is 0 Å². The molecule has 0 aliphatic heterocycles. The van der Waals surface area contributed by atoms with E-state index in [2.05, 4.69) is 16.3 Å². The monoisotopic (exact) mass is 322 g/mol. The zero-order valence-corrected chi connectivity index (χ0v) is 13.8. The van der Waals surface area contributed by atoms with Crippen LogP contribution >= 0.6 is 12.4 Å². The van der Waals surface area contributed by atoms with E-state index in [9.17, 15) is 4.79 Å². The minimum Gasteiger partial charge on any atom is -0.344 e. The number of hydrogen-bond donors (Lipinski definition) is 2. The first-order valence-electron chi connectivity index (χ1n) is 7.18. The van der Waals surface area contributed by atoms with Gasteiger partial charge < -0.3 is 10.6 Å². The van der Waals surface area contributed by atoms with Crippen LogP contribution in [-0.4, -0.2) is 40.6 Å². The number of nitrogens with one attached hydrogen (secondary N) is 1. The quantitative estimate of drug-likeness (QED) is 0.856. The number of rotatable bonds is 6. The normalized spacial score (nSPS) is 11.6. The van der Waals surface area contributed by atoms with E-state index >= 15 is 0 Å². The van der Waals surface area contributed by atoms with Crippen LogP contribution in [0.25, 0.3) is 11.3 Å². The Kier molecular flexibility index (Phi) is 7.08. The first-order valence-corrected chi connectivity index (χ1v) is 7.18. The summed E-state index contributed by atoms with van der Waals surface area (Å²) >= 11 is 0. The number of carbonyl (C=O) groups excluding carboxylic acids is 1. The molecule has 1 unspecified atom stereocenters. The van der Waals surface area contributed by atoms with Crippen molar-refractivity contribution in [1.29, 1.82) is 0 Å². The van der Waals surface area contributed by atoms with Crippen LogP contribution in [0.5, 0.6) is 0 Å². The van der Waals surface area contributed by atoms with Gasteiger partial charge in [0.05, 0.1) is 11.7 Å². The predicted molar refractivity (Wildman–Crippen MR) is 90.9 cm³/mol. The molecule has 6 heteroatoms. The van der Waals surface area contributed by atoms with Gasteiger partial charge in [-0.25, -0.2) is 0 Å². The van der Waals surface area contributed by atoms with Crippen LogP contribution in [0.15, 0.2) is 36.4 Å². The zero-order valence-electron chi connectivity index (χ0n) is 13.0. The summed E-state index contributed by atoms with van der Waals surface area (Å²) in [6.07, 6.45) is 1.74. The molecule has 1 heterocycles. The maximum absolute atomic E-state index is 11.7. The molecule has 1 atom stereocenters. The van der Waals surface area contributed by atoms with Crippen molar-refractivity contribution < 1.29 is 4.79 Å². The summed E-state index contributed by atoms with van der Waals surface area (Å²) in [6, 6.07) is 11.7. The Morgan fingerprint density at radius 1 is 1.36 bits per heavy atom. The Labute approximate surface area is 137 Å². The topological polar surface area (TPSA) is 75.0 Å². The lowest BCUT2D eigenvalue weighted by Gasteiger charge is -2.18. The Morgan fingerprint density at radius 3 is 2.68 bits per heavy atom. The summed E-state index contributed by atoms with van der Waals surface area (Å²) in [7, 11) is 1.79. The number of benzene rings is 1. The lowest BCUT2D eigenvalue weighted by Crippen LogP contribution is -2.40. The van der Waals surface area contributed by atoms with E-state index < -0.39 is 6.04 Å². The summed E-state index contributed by atoms with van der Waals surface area (Å²) < 4.78 is 0. The minimum absolute atomic E-state index is 0. The van der Waals surface area contributed by atoms with Crippen molar-refractivity contribution in [3.63, 3.8) is 0 Å². The predicted octanol–water partition coefficient (Wildman–Crippen LogP) is 2.24. The second kappa shape index (κ2) is 8.56. The van der Waals surface area contributed by atoms with Crippen molar-refractivity contribution >= 4 is 18.3 Å². The minimum atomic E-state index is -0.438. The molecule has 1 aromatic heterocycles. The number of aryl methyl sites for hydroxylation is 1. The largest absolute Gasteiger partial charge is 0.344 e. The number of aromatic nitrogens is 2. The van der Waals surface area contributed by atoms with Crippen LogP contribution in [0.2, 0.25) is 0 Å². The third-order valence-corrected chi connectivity index (χ3v) is 3.41. The first kappa shape index (κ1) is 18.2. The van der Waals surface area contributed by atoms with E-state index in [0.717, 1.165) is 29.8 Å². The molecule has 3 N–H and O–H groups in total. The number of H-pyrrole nitrogens is 1. The molecule has 120 valence electrons. The van der Waals surface area contributed by atoms with Crippen LogP contribution < -0.4 is 5.73 Å². The van der Waals surface area contributed by atoms with Gasteiger partial charge in [-0.15, -0.1) is 12.4 Å². The highest BCUT2D eigenvalue weighted by Gasteiger charge is 2.12. The average Bonchev–Trinajstić information content (AvgIpc) is 2.96. The molecule has 22 heavy (non-hydrogen) atoms.